The van der Waals surface area contributed by atoms with E-state index in [-0.39, 0.29) is 18.0 Å². The van der Waals surface area contributed by atoms with Gasteiger partial charge in [0.25, 0.3) is 0 Å². The van der Waals surface area contributed by atoms with Gasteiger partial charge in [-0.25, -0.2) is 13.1 Å². The van der Waals surface area contributed by atoms with Gasteiger partial charge in [-0.05, 0) is 30.3 Å². The van der Waals surface area contributed by atoms with Gasteiger partial charge in [-0.15, -0.1) is 15.3 Å². The fraction of sp³-hybridized carbons (Fsp3) is 0.158. The van der Waals surface area contributed by atoms with Crippen molar-refractivity contribution in [3.05, 3.63) is 60.9 Å². The van der Waals surface area contributed by atoms with Crippen LogP contribution in [0.1, 0.15) is 0 Å². The van der Waals surface area contributed by atoms with E-state index in [1.54, 1.807) is 29.8 Å². The molecule has 10 nitrogen and oxygen atoms in total. The first-order valence-corrected chi connectivity index (χ1v) is 10.4. The predicted octanol–water partition coefficient (Wildman–Crippen LogP) is 1.55. The summed E-state index contributed by atoms with van der Waals surface area (Å²) in [5.41, 5.74) is 1.34. The number of nitrogens with one attached hydrogen (secondary N) is 1. The van der Waals surface area contributed by atoms with Crippen molar-refractivity contribution < 1.29 is 17.9 Å². The normalized spacial score (nSPS) is 11.5. The van der Waals surface area contributed by atoms with E-state index >= 15 is 0 Å². The molecule has 0 unspecified atom stereocenters. The van der Waals surface area contributed by atoms with Crippen molar-refractivity contribution in [1.29, 1.82) is 0 Å². The molecule has 4 rings (SSSR count). The van der Waals surface area contributed by atoms with Crippen LogP contribution in [-0.2, 0) is 10.0 Å². The van der Waals surface area contributed by atoms with Crippen LogP contribution in [-0.4, -0.2) is 53.5 Å². The number of aromatic nitrogens is 5. The molecule has 0 aliphatic rings. The van der Waals surface area contributed by atoms with E-state index in [2.05, 4.69) is 25.0 Å². The van der Waals surface area contributed by atoms with Gasteiger partial charge in [-0.3, -0.25) is 4.98 Å². The van der Waals surface area contributed by atoms with Gasteiger partial charge in [0.2, 0.25) is 15.9 Å². The summed E-state index contributed by atoms with van der Waals surface area (Å²) in [5, 5.41) is 12.7. The second kappa shape index (κ2) is 8.43. The fourth-order valence-corrected chi connectivity index (χ4v) is 3.69. The molecule has 1 aromatic carbocycles. The number of methoxy groups -OCH3 is 1. The Labute approximate surface area is 172 Å². The van der Waals surface area contributed by atoms with Crippen molar-refractivity contribution in [2.45, 2.75) is 4.90 Å². The van der Waals surface area contributed by atoms with Crippen LogP contribution in [0.15, 0.2) is 65.8 Å². The summed E-state index contributed by atoms with van der Waals surface area (Å²) in [7, 11) is -2.05. The summed E-state index contributed by atoms with van der Waals surface area (Å²) in [6.07, 6.45) is 2.79. The quantitative estimate of drug-likeness (QED) is 0.421. The third kappa shape index (κ3) is 4.21. The monoisotopic (exact) mass is 426 g/mol. The highest BCUT2D eigenvalue weighted by Crippen LogP contribution is 2.23. The Kier molecular flexibility index (Phi) is 5.55. The van der Waals surface area contributed by atoms with E-state index in [0.717, 1.165) is 5.56 Å². The Morgan fingerprint density at radius 2 is 2.00 bits per heavy atom. The lowest BCUT2D eigenvalue weighted by Crippen LogP contribution is -2.28. The molecule has 0 radical (unpaired) electrons. The van der Waals surface area contributed by atoms with Crippen molar-refractivity contribution in [2.24, 2.45) is 0 Å². The van der Waals surface area contributed by atoms with Gasteiger partial charge >= 0.3 is 0 Å². The molecule has 11 heteroatoms. The predicted molar refractivity (Wildman–Crippen MR) is 108 cm³/mol. The Morgan fingerprint density at radius 1 is 1.10 bits per heavy atom. The van der Waals surface area contributed by atoms with E-state index in [1.807, 2.05) is 24.3 Å². The molecule has 0 spiro atoms. The number of sulfonamides is 1. The van der Waals surface area contributed by atoms with Crippen LogP contribution >= 0.6 is 0 Å². The van der Waals surface area contributed by atoms with Gasteiger partial charge in [-0.2, -0.15) is 4.52 Å². The summed E-state index contributed by atoms with van der Waals surface area (Å²) in [6, 6.07) is 13.8. The van der Waals surface area contributed by atoms with Gasteiger partial charge in [0.1, 0.15) is 17.3 Å². The Balaban J connectivity index is 1.45. The lowest BCUT2D eigenvalue weighted by atomic mass is 10.2. The minimum atomic E-state index is -3.64. The van der Waals surface area contributed by atoms with Crippen molar-refractivity contribution in [2.75, 3.05) is 20.3 Å². The molecular weight excluding hydrogens is 408 g/mol. The highest BCUT2D eigenvalue weighted by molar-refractivity contribution is 7.89. The third-order valence-corrected chi connectivity index (χ3v) is 5.60. The number of hydrogen-bond acceptors (Lipinski definition) is 8. The van der Waals surface area contributed by atoms with Crippen LogP contribution in [0.5, 0.6) is 11.6 Å². The maximum Gasteiger partial charge on any atom is 0.242 e. The molecule has 0 saturated carbocycles. The molecule has 0 aliphatic carbocycles. The topological polar surface area (TPSA) is 121 Å². The standard InChI is InChI=1S/C19H18N6O4S/c1-28-15-5-2-4-14(12-15)19-23-22-17-7-8-18(24-25(17)19)29-11-10-21-30(26,27)16-6-3-9-20-13-16/h2-9,12-13,21H,10-11H2,1H3. The van der Waals surface area contributed by atoms with Crippen LogP contribution in [0, 0.1) is 0 Å². The van der Waals surface area contributed by atoms with Crippen LogP contribution in [0.4, 0.5) is 0 Å². The lowest BCUT2D eigenvalue weighted by Gasteiger charge is -2.08. The van der Waals surface area contributed by atoms with Gasteiger partial charge in [0.15, 0.2) is 11.5 Å². The summed E-state index contributed by atoms with van der Waals surface area (Å²) >= 11 is 0. The highest BCUT2D eigenvalue weighted by Gasteiger charge is 2.14. The molecule has 0 aliphatic heterocycles. The van der Waals surface area contributed by atoms with Crippen molar-refractivity contribution in [1.82, 2.24) is 29.5 Å². The summed E-state index contributed by atoms with van der Waals surface area (Å²) in [6.45, 7) is 0.163. The molecule has 0 atom stereocenters. The zero-order valence-electron chi connectivity index (χ0n) is 16.0. The van der Waals surface area contributed by atoms with Gasteiger partial charge in [0, 0.05) is 30.6 Å². The molecule has 3 aromatic heterocycles. The largest absolute Gasteiger partial charge is 0.497 e. The maximum absolute atomic E-state index is 12.2. The number of ether oxygens (including phenoxy) is 2. The average Bonchev–Trinajstić information content (AvgIpc) is 3.21. The molecule has 0 fully saturated rings. The van der Waals surface area contributed by atoms with Crippen molar-refractivity contribution in [3.63, 3.8) is 0 Å². The summed E-state index contributed by atoms with van der Waals surface area (Å²) in [4.78, 5) is 3.91. The maximum atomic E-state index is 12.2. The van der Waals surface area contributed by atoms with Gasteiger partial charge in [-0.1, -0.05) is 12.1 Å². The van der Waals surface area contributed by atoms with Gasteiger partial charge < -0.3 is 9.47 Å². The van der Waals surface area contributed by atoms with Crippen LogP contribution < -0.4 is 14.2 Å². The molecule has 0 bridgehead atoms. The van der Waals surface area contributed by atoms with E-state index in [4.69, 9.17) is 9.47 Å². The Bertz CT molecular complexity index is 1260. The molecule has 30 heavy (non-hydrogen) atoms. The van der Waals surface area contributed by atoms with E-state index in [0.29, 0.717) is 23.1 Å². The lowest BCUT2D eigenvalue weighted by molar-refractivity contribution is 0.306. The molecule has 0 amide bonds. The first-order chi connectivity index (χ1) is 14.6. The Hall–Kier alpha value is -3.57. The SMILES string of the molecule is COc1cccc(-c2nnc3ccc(OCCNS(=O)(=O)c4cccnc4)nn23)c1. The first kappa shape index (κ1) is 19.7. The average molecular weight is 426 g/mol. The second-order valence-corrected chi connectivity index (χ2v) is 7.90. The van der Waals surface area contributed by atoms with E-state index < -0.39 is 10.0 Å². The number of benzene rings is 1. The minimum Gasteiger partial charge on any atom is -0.497 e. The minimum absolute atomic E-state index is 0.0713. The third-order valence-electron chi connectivity index (χ3n) is 4.16. The molecular formula is C19H18N6O4S. The van der Waals surface area contributed by atoms with Crippen LogP contribution in [0.2, 0.25) is 0 Å². The molecule has 1 N–H and O–H groups in total. The number of nitrogens with zero attached hydrogens (tertiary/aromatic N) is 5. The van der Waals surface area contributed by atoms with Crippen molar-refractivity contribution >= 4 is 15.7 Å². The fourth-order valence-electron chi connectivity index (χ4n) is 2.71. The van der Waals surface area contributed by atoms with Crippen LogP contribution in [0.25, 0.3) is 17.0 Å². The molecule has 3 heterocycles. The molecule has 0 saturated heterocycles. The highest BCUT2D eigenvalue weighted by atomic mass is 32.2. The van der Waals surface area contributed by atoms with Crippen LogP contribution in [0.3, 0.4) is 0 Å². The second-order valence-electron chi connectivity index (χ2n) is 6.13. The summed E-state index contributed by atoms with van der Waals surface area (Å²) < 4.78 is 39.2. The van der Waals surface area contributed by atoms with E-state index in [1.165, 1.54) is 18.5 Å². The Morgan fingerprint density at radius 3 is 2.80 bits per heavy atom. The molecule has 4 aromatic rings. The number of pyridine rings is 1. The smallest absolute Gasteiger partial charge is 0.242 e. The number of rotatable bonds is 8. The summed E-state index contributed by atoms with van der Waals surface area (Å²) in [5.74, 6) is 1.54. The van der Waals surface area contributed by atoms with E-state index in [9.17, 15) is 8.42 Å². The number of hydrogen-bond donors (Lipinski definition) is 1. The first-order valence-electron chi connectivity index (χ1n) is 8.96. The number of fused-ring (bicyclic) bond motifs is 1. The molecule has 154 valence electrons. The zero-order valence-corrected chi connectivity index (χ0v) is 16.8. The van der Waals surface area contributed by atoms with Gasteiger partial charge in [0.05, 0.1) is 7.11 Å². The van der Waals surface area contributed by atoms with Crippen molar-refractivity contribution in [3.8, 4) is 23.0 Å². The zero-order chi connectivity index (χ0) is 21.0.